The van der Waals surface area contributed by atoms with Crippen LogP contribution in [0.5, 0.6) is 0 Å². The Morgan fingerprint density at radius 3 is 2.95 bits per heavy atom. The zero-order chi connectivity index (χ0) is 13.9. The molecular weight excluding hydrogens is 252 g/mol. The zero-order valence-corrected chi connectivity index (χ0v) is 12.1. The fourth-order valence-corrected chi connectivity index (χ4v) is 2.95. The molecule has 2 aromatic rings. The molecule has 0 bridgehead atoms. The molecule has 3 N–H and O–H groups in total. The minimum atomic E-state index is 0.634. The number of anilines is 2. The van der Waals surface area contributed by atoms with E-state index in [0.29, 0.717) is 11.6 Å². The van der Waals surface area contributed by atoms with E-state index in [1.165, 1.54) is 19.3 Å². The molecule has 20 heavy (non-hydrogen) atoms. The zero-order valence-electron chi connectivity index (χ0n) is 12.1. The predicted molar refractivity (Wildman–Crippen MR) is 80.8 cm³/mol. The van der Waals surface area contributed by atoms with Crippen LogP contribution in [0.3, 0.4) is 0 Å². The smallest absolute Gasteiger partial charge is 0.226 e. The summed E-state index contributed by atoms with van der Waals surface area (Å²) in [7, 11) is 0. The summed E-state index contributed by atoms with van der Waals surface area (Å²) >= 11 is 0. The summed E-state index contributed by atoms with van der Waals surface area (Å²) in [5.74, 6) is 3.09. The summed E-state index contributed by atoms with van der Waals surface area (Å²) < 4.78 is 0. The number of imidazole rings is 1. The average Bonchev–Trinajstić information content (AvgIpc) is 3.05. The normalized spacial score (nSPS) is 22.3. The van der Waals surface area contributed by atoms with Gasteiger partial charge in [0.1, 0.15) is 5.52 Å². The summed E-state index contributed by atoms with van der Waals surface area (Å²) in [6, 6.07) is 0. The van der Waals surface area contributed by atoms with Crippen LogP contribution in [0.15, 0.2) is 6.33 Å². The van der Waals surface area contributed by atoms with Crippen molar-refractivity contribution in [3.05, 3.63) is 6.33 Å². The molecule has 3 rings (SSSR count). The van der Waals surface area contributed by atoms with E-state index >= 15 is 0 Å². The van der Waals surface area contributed by atoms with E-state index in [0.717, 1.165) is 36.3 Å². The minimum Gasteiger partial charge on any atom is -0.368 e. The van der Waals surface area contributed by atoms with Gasteiger partial charge in [-0.1, -0.05) is 13.3 Å². The number of nitrogens with one attached hydrogen (secondary N) is 3. The van der Waals surface area contributed by atoms with E-state index < -0.39 is 0 Å². The van der Waals surface area contributed by atoms with Gasteiger partial charge in [-0.05, 0) is 31.6 Å². The van der Waals surface area contributed by atoms with Gasteiger partial charge in [0.25, 0.3) is 0 Å². The first-order valence-electron chi connectivity index (χ1n) is 7.45. The lowest BCUT2D eigenvalue weighted by Gasteiger charge is -2.13. The molecule has 1 aliphatic rings. The van der Waals surface area contributed by atoms with Crippen LogP contribution in [0.25, 0.3) is 11.2 Å². The van der Waals surface area contributed by atoms with Gasteiger partial charge in [-0.25, -0.2) is 4.98 Å². The molecule has 0 aliphatic heterocycles. The SMILES string of the molecule is CCNc1nc(NCC2CCC(C)C2)c2[nH]cnc2n1. The number of hydrogen-bond donors (Lipinski definition) is 3. The molecule has 1 saturated carbocycles. The topological polar surface area (TPSA) is 78.5 Å². The summed E-state index contributed by atoms with van der Waals surface area (Å²) in [5, 5.41) is 6.62. The third kappa shape index (κ3) is 2.69. The number of nitrogens with zero attached hydrogens (tertiary/aromatic N) is 3. The predicted octanol–water partition coefficient (Wildman–Crippen LogP) is 2.63. The maximum absolute atomic E-state index is 4.54. The third-order valence-electron chi connectivity index (χ3n) is 3.98. The van der Waals surface area contributed by atoms with E-state index in [4.69, 9.17) is 0 Å². The van der Waals surface area contributed by atoms with Gasteiger partial charge in [0.05, 0.1) is 6.33 Å². The molecule has 0 saturated heterocycles. The first-order valence-corrected chi connectivity index (χ1v) is 7.45. The Kier molecular flexibility index (Phi) is 3.71. The molecule has 2 atom stereocenters. The van der Waals surface area contributed by atoms with Crippen molar-refractivity contribution in [1.82, 2.24) is 19.9 Å². The van der Waals surface area contributed by atoms with Gasteiger partial charge >= 0.3 is 0 Å². The van der Waals surface area contributed by atoms with Crippen molar-refractivity contribution in [2.75, 3.05) is 23.7 Å². The fraction of sp³-hybridized carbons (Fsp3) is 0.643. The second-order valence-corrected chi connectivity index (χ2v) is 5.69. The van der Waals surface area contributed by atoms with Crippen LogP contribution < -0.4 is 10.6 Å². The van der Waals surface area contributed by atoms with Gasteiger partial charge in [-0.15, -0.1) is 0 Å². The largest absolute Gasteiger partial charge is 0.368 e. The molecule has 2 heterocycles. The highest BCUT2D eigenvalue weighted by atomic mass is 15.2. The summed E-state index contributed by atoms with van der Waals surface area (Å²) in [4.78, 5) is 16.3. The number of rotatable bonds is 5. The Morgan fingerprint density at radius 1 is 1.30 bits per heavy atom. The highest BCUT2D eigenvalue weighted by Gasteiger charge is 2.21. The molecule has 0 amide bonds. The maximum atomic E-state index is 4.54. The molecule has 2 aromatic heterocycles. The number of aromatic amines is 1. The van der Waals surface area contributed by atoms with E-state index in [2.05, 4.69) is 37.5 Å². The molecule has 108 valence electrons. The number of fused-ring (bicyclic) bond motifs is 1. The van der Waals surface area contributed by atoms with E-state index in [1.807, 2.05) is 6.92 Å². The molecule has 2 unspecified atom stereocenters. The van der Waals surface area contributed by atoms with Gasteiger partial charge < -0.3 is 15.6 Å². The average molecular weight is 274 g/mol. The molecule has 6 heteroatoms. The van der Waals surface area contributed by atoms with Crippen molar-refractivity contribution < 1.29 is 0 Å². The Bertz CT molecular complexity index is 578. The van der Waals surface area contributed by atoms with Crippen molar-refractivity contribution in [3.8, 4) is 0 Å². The van der Waals surface area contributed by atoms with E-state index in [9.17, 15) is 0 Å². The van der Waals surface area contributed by atoms with Gasteiger partial charge in [0.15, 0.2) is 11.5 Å². The monoisotopic (exact) mass is 274 g/mol. The molecule has 1 fully saturated rings. The van der Waals surface area contributed by atoms with Crippen LogP contribution in [-0.4, -0.2) is 33.0 Å². The summed E-state index contributed by atoms with van der Waals surface area (Å²) in [6.45, 7) is 6.14. The molecule has 0 aromatic carbocycles. The first kappa shape index (κ1) is 13.1. The van der Waals surface area contributed by atoms with Crippen molar-refractivity contribution in [2.45, 2.75) is 33.1 Å². The quantitative estimate of drug-likeness (QED) is 0.781. The summed E-state index contributed by atoms with van der Waals surface area (Å²) in [5.41, 5.74) is 1.59. The highest BCUT2D eigenvalue weighted by Crippen LogP contribution is 2.30. The minimum absolute atomic E-state index is 0.634. The van der Waals surface area contributed by atoms with Crippen LogP contribution in [0.2, 0.25) is 0 Å². The standard InChI is InChI=1S/C14H22N6/c1-3-15-14-19-12(11-13(20-14)18-8-17-11)16-7-10-5-4-9(2)6-10/h8-10H,3-7H2,1-2H3,(H3,15,16,17,18,19,20). The summed E-state index contributed by atoms with van der Waals surface area (Å²) in [6.07, 6.45) is 5.63. The fourth-order valence-electron chi connectivity index (χ4n) is 2.95. The maximum Gasteiger partial charge on any atom is 0.226 e. The Hall–Kier alpha value is -1.85. The Labute approximate surface area is 118 Å². The van der Waals surface area contributed by atoms with E-state index in [-0.39, 0.29) is 0 Å². The second kappa shape index (κ2) is 5.64. The van der Waals surface area contributed by atoms with Crippen molar-refractivity contribution in [2.24, 2.45) is 11.8 Å². The van der Waals surface area contributed by atoms with Crippen LogP contribution in [0.4, 0.5) is 11.8 Å². The number of aromatic nitrogens is 4. The van der Waals surface area contributed by atoms with Crippen LogP contribution >= 0.6 is 0 Å². The van der Waals surface area contributed by atoms with E-state index in [1.54, 1.807) is 6.33 Å². The van der Waals surface area contributed by atoms with Crippen molar-refractivity contribution in [3.63, 3.8) is 0 Å². The van der Waals surface area contributed by atoms with Gasteiger partial charge in [0, 0.05) is 13.1 Å². The van der Waals surface area contributed by atoms with Crippen LogP contribution in [-0.2, 0) is 0 Å². The Morgan fingerprint density at radius 2 is 2.20 bits per heavy atom. The first-order chi connectivity index (χ1) is 9.76. The van der Waals surface area contributed by atoms with Gasteiger partial charge in [-0.3, -0.25) is 0 Å². The molecule has 1 aliphatic carbocycles. The van der Waals surface area contributed by atoms with Gasteiger partial charge in [0.2, 0.25) is 5.95 Å². The lowest BCUT2D eigenvalue weighted by atomic mass is 10.1. The lowest BCUT2D eigenvalue weighted by molar-refractivity contribution is 0.536. The molecule has 0 radical (unpaired) electrons. The molecule has 0 spiro atoms. The lowest BCUT2D eigenvalue weighted by Crippen LogP contribution is -2.14. The van der Waals surface area contributed by atoms with Crippen LogP contribution in [0.1, 0.15) is 33.1 Å². The third-order valence-corrected chi connectivity index (χ3v) is 3.98. The van der Waals surface area contributed by atoms with Gasteiger partial charge in [-0.2, -0.15) is 9.97 Å². The van der Waals surface area contributed by atoms with Crippen LogP contribution in [0, 0.1) is 11.8 Å². The molecule has 6 nitrogen and oxygen atoms in total. The second-order valence-electron chi connectivity index (χ2n) is 5.69. The highest BCUT2D eigenvalue weighted by molar-refractivity contribution is 5.83. The Balaban J connectivity index is 1.76. The molecular formula is C14H22N6. The van der Waals surface area contributed by atoms with Crippen molar-refractivity contribution >= 4 is 22.9 Å². The number of H-pyrrole nitrogens is 1. The number of hydrogen-bond acceptors (Lipinski definition) is 5. The van der Waals surface area contributed by atoms with Crippen molar-refractivity contribution in [1.29, 1.82) is 0 Å².